The fourth-order valence-corrected chi connectivity index (χ4v) is 4.45. The second-order valence-electron chi connectivity index (χ2n) is 8.79. The van der Waals surface area contributed by atoms with Gasteiger partial charge in [-0.15, -0.1) is 0 Å². The van der Waals surface area contributed by atoms with Crippen LogP contribution in [0, 0.1) is 0 Å². The maximum atomic E-state index is 11.9. The molecule has 0 N–H and O–H groups in total. The molecule has 0 saturated carbocycles. The number of ether oxygens (including phenoxy) is 1. The number of unbranched alkanes of at least 4 members (excludes halogenated alkanes) is 14. The molecule has 0 aromatic heterocycles. The van der Waals surface area contributed by atoms with Gasteiger partial charge in [-0.1, -0.05) is 96.8 Å². The molecule has 0 aliphatic carbocycles. The van der Waals surface area contributed by atoms with Gasteiger partial charge < -0.3 is 4.74 Å². The van der Waals surface area contributed by atoms with Crippen molar-refractivity contribution in [2.45, 2.75) is 116 Å². The first kappa shape index (κ1) is 32.3. The topological polar surface area (TPSA) is 113 Å². The molecule has 33 heavy (non-hydrogen) atoms. The van der Waals surface area contributed by atoms with Gasteiger partial charge in [0.2, 0.25) is 0 Å². The first-order valence-corrected chi connectivity index (χ1v) is 16.0. The van der Waals surface area contributed by atoms with Gasteiger partial charge in [0.15, 0.2) is 0 Å². The number of hydrogen-bond donors (Lipinski definition) is 0. The van der Waals surface area contributed by atoms with Crippen LogP contribution in [0.5, 0.6) is 0 Å². The summed E-state index contributed by atoms with van der Waals surface area (Å²) in [7, 11) is -7.62. The van der Waals surface area contributed by atoms with E-state index in [9.17, 15) is 21.6 Å². The normalized spacial score (nSPS) is 13.2. The fourth-order valence-electron chi connectivity index (χ4n) is 3.45. The monoisotopic (exact) mass is 514 g/mol. The Kier molecular flexibility index (Phi) is 19.2. The third-order valence-electron chi connectivity index (χ3n) is 5.19. The third-order valence-corrected chi connectivity index (χ3v) is 6.38. The van der Waals surface area contributed by atoms with E-state index in [1.54, 1.807) is 0 Å². The highest BCUT2D eigenvalue weighted by molar-refractivity contribution is 7.86. The number of esters is 1. The third kappa shape index (κ3) is 25.7. The zero-order valence-electron chi connectivity index (χ0n) is 20.9. The van der Waals surface area contributed by atoms with Gasteiger partial charge in [0.1, 0.15) is 12.7 Å². The minimum atomic E-state index is -3.85. The van der Waals surface area contributed by atoms with Crippen molar-refractivity contribution in [3.05, 3.63) is 0 Å². The van der Waals surface area contributed by atoms with E-state index in [1.165, 1.54) is 77.0 Å². The standard InChI is InChI=1S/C23H46O8S2/c1-4-5-6-7-8-9-10-11-12-13-14-15-16-17-18-19-23(24)29-20-22(31-33(3,27)28)21-30-32(2,25)26/h22H,4-21H2,1-3H3/t22-/m1/s1. The van der Waals surface area contributed by atoms with Crippen molar-refractivity contribution in [2.75, 3.05) is 25.7 Å². The predicted octanol–water partition coefficient (Wildman–Crippen LogP) is 5.11. The smallest absolute Gasteiger partial charge is 0.305 e. The maximum Gasteiger partial charge on any atom is 0.305 e. The predicted molar refractivity (Wildman–Crippen MR) is 131 cm³/mol. The van der Waals surface area contributed by atoms with Crippen LogP contribution in [0.4, 0.5) is 0 Å². The molecule has 1 atom stereocenters. The Balaban J connectivity index is 3.70. The Morgan fingerprint density at radius 1 is 0.636 bits per heavy atom. The van der Waals surface area contributed by atoms with Gasteiger partial charge in [-0.25, -0.2) is 0 Å². The minimum absolute atomic E-state index is 0.233. The summed E-state index contributed by atoms with van der Waals surface area (Å²) in [4.78, 5) is 11.9. The van der Waals surface area contributed by atoms with Crippen LogP contribution >= 0.6 is 0 Å². The lowest BCUT2D eigenvalue weighted by molar-refractivity contribution is -0.146. The first-order valence-electron chi connectivity index (χ1n) is 12.4. The van der Waals surface area contributed by atoms with E-state index in [-0.39, 0.29) is 13.0 Å². The molecule has 0 spiro atoms. The van der Waals surface area contributed by atoms with Crippen molar-refractivity contribution >= 4 is 26.2 Å². The van der Waals surface area contributed by atoms with Gasteiger partial charge in [0.25, 0.3) is 20.2 Å². The highest BCUT2D eigenvalue weighted by Gasteiger charge is 2.20. The molecule has 198 valence electrons. The van der Waals surface area contributed by atoms with Crippen LogP contribution < -0.4 is 0 Å². The Morgan fingerprint density at radius 3 is 1.45 bits per heavy atom. The molecule has 0 fully saturated rings. The van der Waals surface area contributed by atoms with Gasteiger partial charge in [-0.3, -0.25) is 13.2 Å². The molecule has 10 heteroatoms. The lowest BCUT2D eigenvalue weighted by Gasteiger charge is -2.15. The number of hydrogen-bond acceptors (Lipinski definition) is 8. The highest BCUT2D eigenvalue weighted by Crippen LogP contribution is 2.14. The molecule has 0 unspecified atom stereocenters. The maximum absolute atomic E-state index is 11.9. The summed E-state index contributed by atoms with van der Waals surface area (Å²) < 4.78 is 59.0. The van der Waals surface area contributed by atoms with Gasteiger partial charge in [-0.05, 0) is 6.42 Å². The van der Waals surface area contributed by atoms with Crippen molar-refractivity contribution in [3.8, 4) is 0 Å². The summed E-state index contributed by atoms with van der Waals surface area (Å²) in [5.41, 5.74) is 0. The average Bonchev–Trinajstić information content (AvgIpc) is 2.71. The average molecular weight is 515 g/mol. The summed E-state index contributed by atoms with van der Waals surface area (Å²) in [6.45, 7) is 1.31. The SMILES string of the molecule is CCCCCCCCCCCCCCCCCC(=O)OC[C@H](COS(C)(=O)=O)OS(C)(=O)=O. The van der Waals surface area contributed by atoms with Gasteiger partial charge in [-0.2, -0.15) is 16.8 Å². The van der Waals surface area contributed by atoms with E-state index in [0.717, 1.165) is 25.4 Å². The second kappa shape index (κ2) is 19.6. The lowest BCUT2D eigenvalue weighted by Crippen LogP contribution is -2.30. The number of rotatable bonds is 23. The summed E-state index contributed by atoms with van der Waals surface area (Å²) in [5, 5.41) is 0. The molecule has 0 aliphatic heterocycles. The zero-order valence-corrected chi connectivity index (χ0v) is 22.5. The first-order chi connectivity index (χ1) is 15.5. The largest absolute Gasteiger partial charge is 0.463 e. The Hall–Kier alpha value is -0.710. The molecular weight excluding hydrogens is 468 g/mol. The van der Waals surface area contributed by atoms with Crippen LogP contribution in [0.1, 0.15) is 110 Å². The van der Waals surface area contributed by atoms with E-state index >= 15 is 0 Å². The second-order valence-corrected chi connectivity index (χ2v) is 12.0. The van der Waals surface area contributed by atoms with E-state index in [1.807, 2.05) is 0 Å². The molecule has 0 aromatic rings. The van der Waals surface area contributed by atoms with E-state index in [2.05, 4.69) is 11.1 Å². The van der Waals surface area contributed by atoms with Crippen LogP contribution in [0.2, 0.25) is 0 Å². The number of carbonyl (C=O) groups excluding carboxylic acids is 1. The van der Waals surface area contributed by atoms with E-state index < -0.39 is 38.9 Å². The molecule has 0 radical (unpaired) electrons. The van der Waals surface area contributed by atoms with Crippen LogP contribution in [0.25, 0.3) is 0 Å². The molecular formula is C23H46O8S2. The molecule has 0 aliphatic rings. The van der Waals surface area contributed by atoms with E-state index in [0.29, 0.717) is 6.42 Å². The van der Waals surface area contributed by atoms with Crippen LogP contribution in [0.15, 0.2) is 0 Å². The van der Waals surface area contributed by atoms with Gasteiger partial charge in [0, 0.05) is 6.42 Å². The van der Waals surface area contributed by atoms with E-state index in [4.69, 9.17) is 8.92 Å². The Bertz CT molecular complexity index is 689. The Morgan fingerprint density at radius 2 is 1.06 bits per heavy atom. The highest BCUT2D eigenvalue weighted by atomic mass is 32.2. The molecule has 0 bridgehead atoms. The molecule has 8 nitrogen and oxygen atoms in total. The molecule has 0 rings (SSSR count). The zero-order chi connectivity index (χ0) is 25.0. The molecule has 0 aromatic carbocycles. The van der Waals surface area contributed by atoms with Crippen molar-refractivity contribution in [1.29, 1.82) is 0 Å². The molecule has 0 saturated heterocycles. The van der Waals surface area contributed by atoms with Crippen LogP contribution in [0.3, 0.4) is 0 Å². The summed E-state index contributed by atoms with van der Waals surface area (Å²) in [5.74, 6) is -0.467. The molecule has 0 amide bonds. The number of carbonyl (C=O) groups is 1. The van der Waals surface area contributed by atoms with Crippen molar-refractivity contribution in [3.63, 3.8) is 0 Å². The summed E-state index contributed by atoms with van der Waals surface area (Å²) in [6, 6.07) is 0. The fraction of sp³-hybridized carbons (Fsp3) is 0.957. The quantitative estimate of drug-likeness (QED) is 0.105. The lowest BCUT2D eigenvalue weighted by atomic mass is 10.0. The Labute approximate surface area is 202 Å². The van der Waals surface area contributed by atoms with Crippen LogP contribution in [-0.2, 0) is 38.1 Å². The summed E-state index contributed by atoms with van der Waals surface area (Å²) in [6.07, 6.45) is 19.2. The van der Waals surface area contributed by atoms with Gasteiger partial charge in [0.05, 0.1) is 19.1 Å². The van der Waals surface area contributed by atoms with Gasteiger partial charge >= 0.3 is 5.97 Å². The summed E-state index contributed by atoms with van der Waals surface area (Å²) >= 11 is 0. The molecule has 0 heterocycles. The minimum Gasteiger partial charge on any atom is -0.463 e. The van der Waals surface area contributed by atoms with Crippen LogP contribution in [-0.4, -0.2) is 54.6 Å². The van der Waals surface area contributed by atoms with Crippen molar-refractivity contribution < 1.29 is 34.7 Å². The van der Waals surface area contributed by atoms with Crippen molar-refractivity contribution in [2.24, 2.45) is 0 Å². The van der Waals surface area contributed by atoms with Crippen molar-refractivity contribution in [1.82, 2.24) is 0 Å².